The summed E-state index contributed by atoms with van der Waals surface area (Å²) >= 11 is 5.34. The van der Waals surface area contributed by atoms with Gasteiger partial charge in [-0.3, -0.25) is 0 Å². The van der Waals surface area contributed by atoms with Gasteiger partial charge in [-0.1, -0.05) is 6.92 Å². The normalized spacial score (nSPS) is 11.0. The molecule has 0 fully saturated rings. The summed E-state index contributed by atoms with van der Waals surface area (Å²) in [5, 5.41) is 2.12. The van der Waals surface area contributed by atoms with Crippen LogP contribution in [0.3, 0.4) is 0 Å². The van der Waals surface area contributed by atoms with Crippen LogP contribution in [-0.2, 0) is 6.54 Å². The highest BCUT2D eigenvalue weighted by Crippen LogP contribution is 2.23. The monoisotopic (exact) mass is 247 g/mol. The lowest BCUT2D eigenvalue weighted by Gasteiger charge is -2.14. The molecule has 0 radical (unpaired) electrons. The lowest BCUT2D eigenvalue weighted by Crippen LogP contribution is -2.17. The van der Waals surface area contributed by atoms with Gasteiger partial charge in [-0.15, -0.1) is 11.3 Å². The van der Waals surface area contributed by atoms with Crippen LogP contribution in [0, 0.1) is 0 Å². The number of hydrogen-bond acceptors (Lipinski definition) is 2. The maximum atomic E-state index is 3.53. The maximum Gasteiger partial charge on any atom is 0.0336 e. The smallest absolute Gasteiger partial charge is 0.0336 e. The third-order valence-corrected chi connectivity index (χ3v) is 3.62. The summed E-state index contributed by atoms with van der Waals surface area (Å²) in [5.74, 6) is 0. The zero-order chi connectivity index (χ0) is 8.97. The Morgan fingerprint density at radius 2 is 2.33 bits per heavy atom. The summed E-state index contributed by atoms with van der Waals surface area (Å²) in [5.41, 5.74) is 0. The van der Waals surface area contributed by atoms with E-state index >= 15 is 0 Å². The Hall–Kier alpha value is 0.140. The van der Waals surface area contributed by atoms with Crippen LogP contribution in [-0.4, -0.2) is 18.5 Å². The molecule has 0 unspecified atom stereocenters. The molecule has 0 N–H and O–H groups in total. The van der Waals surface area contributed by atoms with Gasteiger partial charge in [-0.25, -0.2) is 0 Å². The summed E-state index contributed by atoms with van der Waals surface area (Å²) < 4.78 is 1.25. The fourth-order valence-electron chi connectivity index (χ4n) is 1.14. The molecule has 0 saturated carbocycles. The second-order valence-electron chi connectivity index (χ2n) is 2.93. The Morgan fingerprint density at radius 3 is 2.83 bits per heavy atom. The number of halogens is 1. The molecule has 0 spiro atoms. The van der Waals surface area contributed by atoms with E-state index in [4.69, 9.17) is 0 Å². The molecule has 0 atom stereocenters. The SMILES string of the molecule is CCCN(C)Cc1sccc1Br. The summed E-state index contributed by atoms with van der Waals surface area (Å²) in [6, 6.07) is 2.11. The van der Waals surface area contributed by atoms with Gasteiger partial charge in [0.15, 0.2) is 0 Å². The van der Waals surface area contributed by atoms with Crippen LogP contribution >= 0.6 is 27.3 Å². The molecule has 0 saturated heterocycles. The van der Waals surface area contributed by atoms with Gasteiger partial charge in [0, 0.05) is 15.9 Å². The second-order valence-corrected chi connectivity index (χ2v) is 4.78. The van der Waals surface area contributed by atoms with E-state index in [1.165, 1.54) is 22.3 Å². The van der Waals surface area contributed by atoms with E-state index in [9.17, 15) is 0 Å². The van der Waals surface area contributed by atoms with Gasteiger partial charge in [-0.05, 0) is 47.4 Å². The minimum atomic E-state index is 1.06. The standard InChI is InChI=1S/C9H14BrNS/c1-3-5-11(2)7-9-8(10)4-6-12-9/h4,6H,3,5,7H2,1-2H3. The molecule has 12 heavy (non-hydrogen) atoms. The van der Waals surface area contributed by atoms with Crippen molar-refractivity contribution in [2.75, 3.05) is 13.6 Å². The van der Waals surface area contributed by atoms with Gasteiger partial charge in [-0.2, -0.15) is 0 Å². The maximum absolute atomic E-state index is 3.53. The van der Waals surface area contributed by atoms with Gasteiger partial charge < -0.3 is 4.90 Å². The molecule has 0 amide bonds. The van der Waals surface area contributed by atoms with Crippen LogP contribution in [0.25, 0.3) is 0 Å². The second kappa shape index (κ2) is 5.00. The predicted octanol–water partition coefficient (Wildman–Crippen LogP) is 3.35. The van der Waals surface area contributed by atoms with Crippen LogP contribution in [0.1, 0.15) is 18.2 Å². The fourth-order valence-corrected chi connectivity index (χ4v) is 2.70. The van der Waals surface area contributed by atoms with Crippen molar-refractivity contribution in [2.24, 2.45) is 0 Å². The van der Waals surface area contributed by atoms with Crippen LogP contribution in [0.5, 0.6) is 0 Å². The van der Waals surface area contributed by atoms with Crippen molar-refractivity contribution in [1.29, 1.82) is 0 Å². The van der Waals surface area contributed by atoms with E-state index in [2.05, 4.69) is 46.2 Å². The van der Waals surface area contributed by atoms with Crippen molar-refractivity contribution in [1.82, 2.24) is 4.90 Å². The molecule has 68 valence electrons. The van der Waals surface area contributed by atoms with E-state index in [1.807, 2.05) is 11.3 Å². The largest absolute Gasteiger partial charge is 0.301 e. The molecule has 3 heteroatoms. The minimum Gasteiger partial charge on any atom is -0.301 e. The molecule has 0 aromatic carbocycles. The Balaban J connectivity index is 2.46. The van der Waals surface area contributed by atoms with Gasteiger partial charge in [0.1, 0.15) is 0 Å². The Labute approximate surface area is 86.5 Å². The molecule has 1 aromatic heterocycles. The van der Waals surface area contributed by atoms with Crippen molar-refractivity contribution in [2.45, 2.75) is 19.9 Å². The lowest BCUT2D eigenvalue weighted by molar-refractivity contribution is 0.330. The Morgan fingerprint density at radius 1 is 1.58 bits per heavy atom. The number of thiophene rings is 1. The Kier molecular flexibility index (Phi) is 4.26. The topological polar surface area (TPSA) is 3.24 Å². The molecule has 0 aliphatic heterocycles. The highest BCUT2D eigenvalue weighted by Gasteiger charge is 2.03. The minimum absolute atomic E-state index is 1.06. The van der Waals surface area contributed by atoms with Gasteiger partial charge >= 0.3 is 0 Å². The molecule has 1 aromatic rings. The van der Waals surface area contributed by atoms with Crippen molar-refractivity contribution in [3.8, 4) is 0 Å². The van der Waals surface area contributed by atoms with E-state index in [1.54, 1.807) is 0 Å². The van der Waals surface area contributed by atoms with Crippen LogP contribution in [0.15, 0.2) is 15.9 Å². The molecular weight excluding hydrogens is 234 g/mol. The molecule has 0 aliphatic carbocycles. The summed E-state index contributed by atoms with van der Waals surface area (Å²) in [4.78, 5) is 3.77. The quantitative estimate of drug-likeness (QED) is 0.789. The number of nitrogens with zero attached hydrogens (tertiary/aromatic N) is 1. The third-order valence-electron chi connectivity index (χ3n) is 1.71. The van der Waals surface area contributed by atoms with Crippen molar-refractivity contribution < 1.29 is 0 Å². The molecule has 1 rings (SSSR count). The third kappa shape index (κ3) is 2.88. The first kappa shape index (κ1) is 10.2. The highest BCUT2D eigenvalue weighted by molar-refractivity contribution is 9.10. The van der Waals surface area contributed by atoms with E-state index < -0.39 is 0 Å². The zero-order valence-electron chi connectivity index (χ0n) is 7.51. The van der Waals surface area contributed by atoms with Crippen LogP contribution in [0.4, 0.5) is 0 Å². The highest BCUT2D eigenvalue weighted by atomic mass is 79.9. The number of rotatable bonds is 4. The average Bonchev–Trinajstić information content (AvgIpc) is 2.37. The zero-order valence-corrected chi connectivity index (χ0v) is 9.91. The molecule has 1 nitrogen and oxygen atoms in total. The lowest BCUT2D eigenvalue weighted by atomic mass is 10.4. The Bertz CT molecular complexity index is 234. The molecular formula is C9H14BrNS. The fraction of sp³-hybridized carbons (Fsp3) is 0.556. The molecule has 0 bridgehead atoms. The summed E-state index contributed by atoms with van der Waals surface area (Å²) in [7, 11) is 2.16. The van der Waals surface area contributed by atoms with Crippen molar-refractivity contribution >= 4 is 27.3 Å². The first-order chi connectivity index (χ1) is 5.74. The van der Waals surface area contributed by atoms with Gasteiger partial charge in [0.05, 0.1) is 0 Å². The average molecular weight is 248 g/mol. The first-order valence-electron chi connectivity index (χ1n) is 4.14. The molecule has 0 aliphatic rings. The van der Waals surface area contributed by atoms with Crippen LogP contribution in [0.2, 0.25) is 0 Å². The summed E-state index contributed by atoms with van der Waals surface area (Å²) in [6.45, 7) is 4.44. The van der Waals surface area contributed by atoms with E-state index in [0.29, 0.717) is 0 Å². The van der Waals surface area contributed by atoms with E-state index in [0.717, 1.165) is 6.54 Å². The van der Waals surface area contributed by atoms with Crippen LogP contribution < -0.4 is 0 Å². The predicted molar refractivity (Wildman–Crippen MR) is 58.6 cm³/mol. The van der Waals surface area contributed by atoms with Gasteiger partial charge in [0.2, 0.25) is 0 Å². The number of hydrogen-bond donors (Lipinski definition) is 0. The first-order valence-corrected chi connectivity index (χ1v) is 5.81. The summed E-state index contributed by atoms with van der Waals surface area (Å²) in [6.07, 6.45) is 1.22. The van der Waals surface area contributed by atoms with Gasteiger partial charge in [0.25, 0.3) is 0 Å². The van der Waals surface area contributed by atoms with E-state index in [-0.39, 0.29) is 0 Å². The van der Waals surface area contributed by atoms with Crippen molar-refractivity contribution in [3.05, 3.63) is 20.8 Å². The molecule has 1 heterocycles. The van der Waals surface area contributed by atoms with Crippen molar-refractivity contribution in [3.63, 3.8) is 0 Å².